The van der Waals surface area contributed by atoms with Crippen LogP contribution in [0.3, 0.4) is 0 Å². The van der Waals surface area contributed by atoms with Gasteiger partial charge in [0.25, 0.3) is 11.6 Å². The molecule has 166 valence electrons. The van der Waals surface area contributed by atoms with Crippen LogP contribution < -0.4 is 10.1 Å². The van der Waals surface area contributed by atoms with Crippen molar-refractivity contribution in [1.29, 1.82) is 5.26 Å². The second-order valence-corrected chi connectivity index (χ2v) is 7.74. The van der Waals surface area contributed by atoms with Gasteiger partial charge in [-0.1, -0.05) is 35.9 Å². The van der Waals surface area contributed by atoms with Crippen LogP contribution in [-0.4, -0.2) is 10.8 Å². The van der Waals surface area contributed by atoms with Crippen LogP contribution in [0.15, 0.2) is 66.2 Å². The summed E-state index contributed by atoms with van der Waals surface area (Å²) in [5, 5.41) is 23.3. The van der Waals surface area contributed by atoms with E-state index in [-0.39, 0.29) is 22.9 Å². The molecule has 0 saturated heterocycles. The summed E-state index contributed by atoms with van der Waals surface area (Å²) in [5.74, 6) is -0.152. The third kappa shape index (κ3) is 6.19. The number of anilines is 1. The van der Waals surface area contributed by atoms with Crippen molar-refractivity contribution in [1.82, 2.24) is 0 Å². The Morgan fingerprint density at radius 2 is 1.94 bits per heavy atom. The Bertz CT molecular complexity index is 1300. The van der Waals surface area contributed by atoms with Crippen LogP contribution in [-0.2, 0) is 11.4 Å². The van der Waals surface area contributed by atoms with Gasteiger partial charge in [-0.3, -0.25) is 14.9 Å². The monoisotopic (exact) mass is 461 g/mol. The Morgan fingerprint density at radius 1 is 1.15 bits per heavy atom. The minimum absolute atomic E-state index is 0.0224. The van der Waals surface area contributed by atoms with Gasteiger partial charge < -0.3 is 10.1 Å². The Labute approximate surface area is 196 Å². The molecule has 0 spiro atoms. The quantitative estimate of drug-likeness (QED) is 0.201. The smallest absolute Gasteiger partial charge is 0.269 e. The van der Waals surface area contributed by atoms with E-state index in [0.29, 0.717) is 22.6 Å². The molecule has 3 aromatic rings. The van der Waals surface area contributed by atoms with Crippen molar-refractivity contribution >= 4 is 35.0 Å². The van der Waals surface area contributed by atoms with Crippen molar-refractivity contribution in [3.8, 4) is 11.8 Å². The van der Waals surface area contributed by atoms with Gasteiger partial charge in [-0.15, -0.1) is 0 Å². The lowest BCUT2D eigenvalue weighted by Crippen LogP contribution is -2.13. The number of non-ortho nitro benzene ring substituents is 1. The number of carbonyl (C=O) groups excluding carboxylic acids is 1. The average Bonchev–Trinajstić information content (AvgIpc) is 2.79. The molecule has 3 aromatic carbocycles. The molecule has 0 heterocycles. The average molecular weight is 462 g/mol. The SMILES string of the molecule is Cc1ccc(NC(=O)/C(C#N)=C/c2ccc(OCc3cccc([N+](=O)[O-])c3)c(Cl)c2)cc1C. The summed E-state index contributed by atoms with van der Waals surface area (Å²) in [4.78, 5) is 22.9. The maximum Gasteiger partial charge on any atom is 0.269 e. The molecule has 0 aliphatic heterocycles. The summed E-state index contributed by atoms with van der Waals surface area (Å²) in [6.07, 6.45) is 1.44. The zero-order chi connectivity index (χ0) is 24.0. The Kier molecular flexibility index (Phi) is 7.44. The molecular formula is C25H20ClN3O4. The van der Waals surface area contributed by atoms with Crippen molar-refractivity contribution in [2.75, 3.05) is 5.32 Å². The largest absolute Gasteiger partial charge is 0.487 e. The van der Waals surface area contributed by atoms with Crippen LogP contribution in [0.25, 0.3) is 6.08 Å². The number of aryl methyl sites for hydroxylation is 2. The van der Waals surface area contributed by atoms with E-state index in [1.165, 1.54) is 18.2 Å². The lowest BCUT2D eigenvalue weighted by atomic mass is 10.1. The molecule has 0 bridgehead atoms. The number of benzene rings is 3. The van der Waals surface area contributed by atoms with E-state index in [0.717, 1.165) is 11.1 Å². The van der Waals surface area contributed by atoms with Gasteiger partial charge in [-0.25, -0.2) is 0 Å². The van der Waals surface area contributed by atoms with E-state index in [1.54, 1.807) is 36.4 Å². The normalized spacial score (nSPS) is 10.9. The first kappa shape index (κ1) is 23.5. The molecule has 0 unspecified atom stereocenters. The van der Waals surface area contributed by atoms with Gasteiger partial charge in [0.2, 0.25) is 0 Å². The highest BCUT2D eigenvalue weighted by molar-refractivity contribution is 6.32. The molecule has 0 aliphatic carbocycles. The standard InChI is InChI=1S/C25H20ClN3O4/c1-16-6-8-21(10-17(16)2)28-25(30)20(14-27)11-18-7-9-24(23(26)13-18)33-15-19-4-3-5-22(12-19)29(31)32/h3-13H,15H2,1-2H3,(H,28,30)/b20-11+. The maximum absolute atomic E-state index is 12.5. The van der Waals surface area contributed by atoms with E-state index in [4.69, 9.17) is 16.3 Å². The maximum atomic E-state index is 12.5. The predicted molar refractivity (Wildman–Crippen MR) is 127 cm³/mol. The summed E-state index contributed by atoms with van der Waals surface area (Å²) >= 11 is 6.30. The predicted octanol–water partition coefficient (Wildman–Crippen LogP) is 5.99. The molecule has 8 heteroatoms. The second kappa shape index (κ2) is 10.4. The van der Waals surface area contributed by atoms with Gasteiger partial charge in [0.05, 0.1) is 9.95 Å². The number of hydrogen-bond acceptors (Lipinski definition) is 5. The lowest BCUT2D eigenvalue weighted by Gasteiger charge is -2.09. The zero-order valence-corrected chi connectivity index (χ0v) is 18.7. The van der Waals surface area contributed by atoms with Crippen LogP contribution >= 0.6 is 11.6 Å². The molecule has 1 amide bonds. The number of nitrogens with zero attached hydrogens (tertiary/aromatic N) is 2. The van der Waals surface area contributed by atoms with E-state index in [9.17, 15) is 20.2 Å². The number of nitro groups is 1. The highest BCUT2D eigenvalue weighted by atomic mass is 35.5. The van der Waals surface area contributed by atoms with Gasteiger partial charge >= 0.3 is 0 Å². The molecule has 0 aliphatic rings. The summed E-state index contributed by atoms with van der Waals surface area (Å²) in [6, 6.07) is 18.4. The Morgan fingerprint density at radius 3 is 2.61 bits per heavy atom. The number of carbonyl (C=O) groups is 1. The van der Waals surface area contributed by atoms with Crippen LogP contribution in [0.1, 0.15) is 22.3 Å². The fraction of sp³-hybridized carbons (Fsp3) is 0.120. The fourth-order valence-corrected chi connectivity index (χ4v) is 3.22. The number of nitriles is 1. The third-order valence-electron chi connectivity index (χ3n) is 4.91. The molecule has 0 fully saturated rings. The van der Waals surface area contributed by atoms with Gasteiger partial charge in [-0.05, 0) is 66.4 Å². The first-order valence-electron chi connectivity index (χ1n) is 9.93. The molecule has 33 heavy (non-hydrogen) atoms. The van der Waals surface area contributed by atoms with Crippen molar-refractivity contribution in [3.63, 3.8) is 0 Å². The van der Waals surface area contributed by atoms with Gasteiger partial charge in [0, 0.05) is 17.8 Å². The molecule has 3 rings (SSSR count). The highest BCUT2D eigenvalue weighted by Crippen LogP contribution is 2.28. The molecule has 1 N–H and O–H groups in total. The highest BCUT2D eigenvalue weighted by Gasteiger charge is 2.12. The van der Waals surface area contributed by atoms with Crippen LogP contribution in [0.5, 0.6) is 5.75 Å². The molecule has 0 radical (unpaired) electrons. The number of amides is 1. The molecular weight excluding hydrogens is 442 g/mol. The molecule has 7 nitrogen and oxygen atoms in total. The Balaban J connectivity index is 1.71. The van der Waals surface area contributed by atoms with Crippen molar-refractivity contribution in [3.05, 3.63) is 104 Å². The lowest BCUT2D eigenvalue weighted by molar-refractivity contribution is -0.384. The van der Waals surface area contributed by atoms with E-state index in [2.05, 4.69) is 5.32 Å². The molecule has 0 atom stereocenters. The van der Waals surface area contributed by atoms with E-state index in [1.807, 2.05) is 32.0 Å². The van der Waals surface area contributed by atoms with Crippen LogP contribution in [0, 0.1) is 35.3 Å². The van der Waals surface area contributed by atoms with Gasteiger partial charge in [0.1, 0.15) is 24.0 Å². The third-order valence-corrected chi connectivity index (χ3v) is 5.21. The number of hydrogen-bond donors (Lipinski definition) is 1. The topological polar surface area (TPSA) is 105 Å². The minimum Gasteiger partial charge on any atom is -0.487 e. The van der Waals surface area contributed by atoms with Crippen molar-refractivity contribution in [2.45, 2.75) is 20.5 Å². The number of halogens is 1. The second-order valence-electron chi connectivity index (χ2n) is 7.33. The fourth-order valence-electron chi connectivity index (χ4n) is 2.98. The van der Waals surface area contributed by atoms with Gasteiger partial charge in [0.15, 0.2) is 0 Å². The van der Waals surface area contributed by atoms with Gasteiger partial charge in [-0.2, -0.15) is 5.26 Å². The number of nitro benzene ring substituents is 1. The number of ether oxygens (including phenoxy) is 1. The molecule has 0 saturated carbocycles. The summed E-state index contributed by atoms with van der Waals surface area (Å²) < 4.78 is 5.67. The summed E-state index contributed by atoms with van der Waals surface area (Å²) in [7, 11) is 0. The minimum atomic E-state index is -0.525. The summed E-state index contributed by atoms with van der Waals surface area (Å²) in [5.41, 5.74) is 3.82. The zero-order valence-electron chi connectivity index (χ0n) is 18.0. The molecule has 0 aromatic heterocycles. The Hall–Kier alpha value is -4.15. The number of nitrogens with one attached hydrogen (secondary N) is 1. The summed E-state index contributed by atoms with van der Waals surface area (Å²) in [6.45, 7) is 4.01. The van der Waals surface area contributed by atoms with Crippen molar-refractivity contribution in [2.24, 2.45) is 0 Å². The first-order chi connectivity index (χ1) is 15.8. The first-order valence-corrected chi connectivity index (χ1v) is 10.3. The van der Waals surface area contributed by atoms with Crippen LogP contribution in [0.2, 0.25) is 5.02 Å². The van der Waals surface area contributed by atoms with E-state index < -0.39 is 10.8 Å². The van der Waals surface area contributed by atoms with Crippen molar-refractivity contribution < 1.29 is 14.5 Å². The van der Waals surface area contributed by atoms with Crippen LogP contribution in [0.4, 0.5) is 11.4 Å². The van der Waals surface area contributed by atoms with E-state index >= 15 is 0 Å². The number of rotatable bonds is 7.